The van der Waals surface area contributed by atoms with E-state index in [4.69, 9.17) is 23.7 Å². The van der Waals surface area contributed by atoms with Gasteiger partial charge in [0.2, 0.25) is 5.75 Å². The van der Waals surface area contributed by atoms with Crippen molar-refractivity contribution in [2.75, 3.05) is 52.6 Å². The third-order valence-corrected chi connectivity index (χ3v) is 11.4. The van der Waals surface area contributed by atoms with E-state index < -0.39 is 18.2 Å². The van der Waals surface area contributed by atoms with Crippen LogP contribution in [0.3, 0.4) is 0 Å². The van der Waals surface area contributed by atoms with E-state index in [1.165, 1.54) is 18.2 Å². The highest BCUT2D eigenvalue weighted by Crippen LogP contribution is 2.57. The van der Waals surface area contributed by atoms with Crippen LogP contribution >= 0.6 is 0 Å². The van der Waals surface area contributed by atoms with Gasteiger partial charge in [0.05, 0.1) is 39.1 Å². The van der Waals surface area contributed by atoms with Crippen LogP contribution in [0.25, 0.3) is 11.1 Å². The number of nitrogens with one attached hydrogen (secondary N) is 2. The number of hydrogen-bond donors (Lipinski definition) is 6. The molecule has 0 saturated carbocycles. The molecule has 0 radical (unpaired) electrons. The van der Waals surface area contributed by atoms with Crippen molar-refractivity contribution in [3.8, 4) is 45.6 Å². The minimum absolute atomic E-state index is 0.0843. The summed E-state index contributed by atoms with van der Waals surface area (Å²) in [6, 6.07) is 15.5. The molecule has 0 fully saturated rings. The Morgan fingerprint density at radius 1 is 0.909 bits per heavy atom. The van der Waals surface area contributed by atoms with E-state index in [2.05, 4.69) is 42.7 Å². The molecule has 11 heteroatoms. The minimum Gasteiger partial charge on any atom is -0.502 e. The smallest absolute Gasteiger partial charge is 0.200 e. The van der Waals surface area contributed by atoms with Gasteiger partial charge in [-0.2, -0.15) is 0 Å². The van der Waals surface area contributed by atoms with Gasteiger partial charge in [-0.15, -0.1) is 0 Å². The summed E-state index contributed by atoms with van der Waals surface area (Å²) in [4.78, 5) is 0. The van der Waals surface area contributed by atoms with Crippen LogP contribution in [0.4, 0.5) is 5.69 Å². The lowest BCUT2D eigenvalue weighted by Gasteiger charge is -2.39. The number of aliphatic hydroxyl groups excluding tert-OH is 3. The summed E-state index contributed by atoms with van der Waals surface area (Å²) in [6.45, 7) is 7.66. The number of phenolic OH excluding ortho intramolecular Hbond substituents is 1. The first-order chi connectivity index (χ1) is 26.7. The van der Waals surface area contributed by atoms with Crippen LogP contribution in [-0.2, 0) is 19.3 Å². The molecule has 5 atom stereocenters. The van der Waals surface area contributed by atoms with Gasteiger partial charge in [-0.05, 0) is 72.5 Å². The molecule has 11 nitrogen and oxygen atoms in total. The summed E-state index contributed by atoms with van der Waals surface area (Å²) in [7, 11) is 3.12. The Morgan fingerprint density at radius 3 is 2.42 bits per heavy atom. The number of ether oxygens (including phenoxy) is 5. The van der Waals surface area contributed by atoms with E-state index in [0.717, 1.165) is 41.6 Å². The van der Waals surface area contributed by atoms with Gasteiger partial charge in [0.25, 0.3) is 0 Å². The molecule has 6 N–H and O–H groups in total. The van der Waals surface area contributed by atoms with Crippen LogP contribution in [0, 0.1) is 5.92 Å². The van der Waals surface area contributed by atoms with Gasteiger partial charge in [-0.3, -0.25) is 5.32 Å². The number of phenols is 1. The first kappa shape index (κ1) is 38.6. The summed E-state index contributed by atoms with van der Waals surface area (Å²) in [6.07, 6.45) is 2.06. The lowest BCUT2D eigenvalue weighted by atomic mass is 9.74. The Labute approximate surface area is 323 Å². The molecule has 0 unspecified atom stereocenters. The summed E-state index contributed by atoms with van der Waals surface area (Å²) in [5, 5.41) is 51.7. The maximum atomic E-state index is 12.3. The van der Waals surface area contributed by atoms with E-state index in [1.54, 1.807) is 19.2 Å². The van der Waals surface area contributed by atoms with Gasteiger partial charge in [0.1, 0.15) is 24.0 Å². The van der Waals surface area contributed by atoms with Crippen molar-refractivity contribution in [2.45, 2.75) is 77.0 Å². The van der Waals surface area contributed by atoms with Crippen LogP contribution < -0.4 is 34.3 Å². The molecule has 2 aliphatic heterocycles. The van der Waals surface area contributed by atoms with E-state index in [9.17, 15) is 20.4 Å². The monoisotopic (exact) mass is 754 g/mol. The number of rotatable bonds is 16. The Balaban J connectivity index is 1.20. The SMILES string of the molecule is CCC[C@H](C)c1ccccc1C[C@H](CO)COc1cc([C@@H]2COc3cc4c5c(c3[C@H]2O)CCc2c(OC)cc(OCNCC)c(c2-5)[C@@H](O)N4)cc(OC)c1O. The summed E-state index contributed by atoms with van der Waals surface area (Å²) < 4.78 is 30.2. The average molecular weight is 755 g/mol. The van der Waals surface area contributed by atoms with Crippen molar-refractivity contribution >= 4 is 5.69 Å². The van der Waals surface area contributed by atoms with Crippen LogP contribution in [0.2, 0.25) is 0 Å². The number of hydrogen-bond acceptors (Lipinski definition) is 11. The van der Waals surface area contributed by atoms with Crippen LogP contribution in [-0.4, -0.2) is 67.7 Å². The third kappa shape index (κ3) is 7.26. The summed E-state index contributed by atoms with van der Waals surface area (Å²) in [5.74, 6) is 1.70. The molecule has 55 heavy (non-hydrogen) atoms. The van der Waals surface area contributed by atoms with Gasteiger partial charge in [-0.25, -0.2) is 0 Å². The second-order valence-electron chi connectivity index (χ2n) is 14.9. The Morgan fingerprint density at radius 2 is 1.67 bits per heavy atom. The predicted octanol–water partition coefficient (Wildman–Crippen LogP) is 6.88. The molecule has 0 amide bonds. The molecule has 294 valence electrons. The lowest BCUT2D eigenvalue weighted by Crippen LogP contribution is -2.29. The van der Waals surface area contributed by atoms with E-state index in [-0.39, 0.29) is 49.7 Å². The maximum Gasteiger partial charge on any atom is 0.200 e. The molecule has 0 aromatic heterocycles. The quantitative estimate of drug-likeness (QED) is 0.0525. The number of fused-ring (bicyclic) bond motifs is 2. The molecule has 3 aliphatic rings. The van der Waals surface area contributed by atoms with Gasteiger partial charge >= 0.3 is 0 Å². The molecule has 0 saturated heterocycles. The average Bonchev–Trinajstić information content (AvgIpc) is 3.19. The fraction of sp³-hybridized carbons (Fsp3) is 0.455. The van der Waals surface area contributed by atoms with Crippen molar-refractivity contribution < 1.29 is 44.1 Å². The zero-order valence-corrected chi connectivity index (χ0v) is 32.4. The molecule has 0 bridgehead atoms. The number of aliphatic hydroxyl groups is 3. The zero-order chi connectivity index (χ0) is 38.8. The van der Waals surface area contributed by atoms with Crippen LogP contribution in [0.1, 0.15) is 96.7 Å². The number of aromatic hydroxyl groups is 1. The first-order valence-corrected chi connectivity index (χ1v) is 19.5. The standard InChI is InChI=1S/C44H54N2O9/c1-6-10-24(3)28-12-9-8-11-26(28)15-25(20-47)21-53-37-17-27(16-36(52-5)43(37)49)31-22-54-34-18-32-38-30(39(34)42(31)48)14-13-29-33(51-4)19-35(55-23-45-7-2)41(40(29)38)44(50)46-32/h8-9,11-12,16-19,24-25,31,42,44-50H,6-7,10,13-15,20-23H2,1-5H3/t24-,25+,31-,42-,44+/m0/s1. The van der Waals surface area contributed by atoms with Crippen molar-refractivity contribution in [1.82, 2.24) is 5.32 Å². The molecular formula is C44H54N2O9. The molecule has 4 aromatic carbocycles. The second kappa shape index (κ2) is 16.6. The van der Waals surface area contributed by atoms with Gasteiger partial charge in [-0.1, -0.05) is 51.5 Å². The second-order valence-corrected chi connectivity index (χ2v) is 14.9. The normalized spacial score (nSPS) is 18.9. The number of anilines is 1. The topological polar surface area (TPSA) is 151 Å². The number of methoxy groups -OCH3 is 2. The Kier molecular flexibility index (Phi) is 11.6. The van der Waals surface area contributed by atoms with Crippen LogP contribution in [0.15, 0.2) is 48.5 Å². The lowest BCUT2D eigenvalue weighted by molar-refractivity contribution is 0.0876. The predicted molar refractivity (Wildman–Crippen MR) is 211 cm³/mol. The van der Waals surface area contributed by atoms with Crippen LogP contribution in [0.5, 0.6) is 34.5 Å². The van der Waals surface area contributed by atoms with Crippen molar-refractivity contribution in [2.24, 2.45) is 5.92 Å². The fourth-order valence-electron chi connectivity index (χ4n) is 8.65. The van der Waals surface area contributed by atoms with Crippen molar-refractivity contribution in [3.05, 3.63) is 87.5 Å². The highest BCUT2D eigenvalue weighted by Gasteiger charge is 2.41. The summed E-state index contributed by atoms with van der Waals surface area (Å²) >= 11 is 0. The zero-order valence-electron chi connectivity index (χ0n) is 32.4. The Bertz CT molecular complexity index is 2020. The van der Waals surface area contributed by atoms with E-state index in [0.29, 0.717) is 64.8 Å². The highest BCUT2D eigenvalue weighted by atomic mass is 16.5. The molecule has 7 rings (SSSR count). The molecule has 0 spiro atoms. The van der Waals surface area contributed by atoms with Gasteiger partial charge in [0.15, 0.2) is 17.7 Å². The first-order valence-electron chi connectivity index (χ1n) is 19.5. The van der Waals surface area contributed by atoms with Gasteiger partial charge < -0.3 is 49.4 Å². The Hall–Kier alpha value is -4.68. The van der Waals surface area contributed by atoms with E-state index in [1.807, 2.05) is 25.1 Å². The molecule has 4 aromatic rings. The van der Waals surface area contributed by atoms with Gasteiger partial charge in [0, 0.05) is 58.5 Å². The largest absolute Gasteiger partial charge is 0.502 e. The molecule has 1 aliphatic carbocycles. The number of benzene rings is 4. The van der Waals surface area contributed by atoms with Crippen molar-refractivity contribution in [1.29, 1.82) is 0 Å². The molecule has 2 heterocycles. The molecular weight excluding hydrogens is 700 g/mol. The fourth-order valence-corrected chi connectivity index (χ4v) is 8.65. The third-order valence-electron chi connectivity index (χ3n) is 11.4. The summed E-state index contributed by atoms with van der Waals surface area (Å²) in [5.41, 5.74) is 8.85. The minimum atomic E-state index is -1.03. The van der Waals surface area contributed by atoms with Crippen molar-refractivity contribution in [3.63, 3.8) is 0 Å². The highest BCUT2D eigenvalue weighted by molar-refractivity contribution is 5.93. The maximum absolute atomic E-state index is 12.3. The van der Waals surface area contributed by atoms with E-state index >= 15 is 0 Å².